The van der Waals surface area contributed by atoms with Crippen molar-refractivity contribution in [2.24, 2.45) is 0 Å². The molecule has 21 heavy (non-hydrogen) atoms. The van der Waals surface area contributed by atoms with Gasteiger partial charge in [0.05, 0.1) is 22.5 Å². The van der Waals surface area contributed by atoms with E-state index in [2.05, 4.69) is 4.74 Å². The van der Waals surface area contributed by atoms with Crippen LogP contribution in [-0.4, -0.2) is 18.0 Å². The average Bonchev–Trinajstić information content (AvgIpc) is 2.49. The summed E-state index contributed by atoms with van der Waals surface area (Å²) in [5.41, 5.74) is 0.00232. The normalized spacial score (nSPS) is 10.2. The summed E-state index contributed by atoms with van der Waals surface area (Å²) in [7, 11) is 1.23. The predicted octanol–water partition coefficient (Wildman–Crippen LogP) is 4.19. The van der Waals surface area contributed by atoms with Crippen LogP contribution in [0, 0.1) is 10.1 Å². The third kappa shape index (κ3) is 3.74. The van der Waals surface area contributed by atoms with Crippen LogP contribution in [0.1, 0.15) is 10.4 Å². The number of esters is 1. The van der Waals surface area contributed by atoms with Crippen molar-refractivity contribution < 1.29 is 14.5 Å². The molecule has 0 aromatic heterocycles. The number of ether oxygens (including phenoxy) is 1. The van der Waals surface area contributed by atoms with Gasteiger partial charge in [-0.25, -0.2) is 4.79 Å². The van der Waals surface area contributed by atoms with E-state index in [0.29, 0.717) is 9.92 Å². The molecule has 0 atom stereocenters. The molecule has 0 bridgehead atoms. The minimum atomic E-state index is -0.610. The summed E-state index contributed by atoms with van der Waals surface area (Å²) in [6.45, 7) is 0. The second-order valence-corrected chi connectivity index (χ2v) is 5.54. The van der Waals surface area contributed by atoms with E-state index in [1.165, 1.54) is 37.1 Å². The molecule has 0 heterocycles. The lowest BCUT2D eigenvalue weighted by atomic mass is 10.2. The second kappa shape index (κ2) is 6.60. The Morgan fingerprint density at radius 1 is 1.24 bits per heavy atom. The third-order valence-corrected chi connectivity index (χ3v) is 3.94. The highest BCUT2D eigenvalue weighted by Crippen LogP contribution is 2.35. The van der Waals surface area contributed by atoms with Gasteiger partial charge in [0.25, 0.3) is 5.69 Å². The number of benzene rings is 2. The summed E-state index contributed by atoms with van der Waals surface area (Å²) in [4.78, 5) is 23.3. The van der Waals surface area contributed by atoms with E-state index >= 15 is 0 Å². The van der Waals surface area contributed by atoms with Crippen LogP contribution in [0.15, 0.2) is 52.3 Å². The van der Waals surface area contributed by atoms with Crippen molar-refractivity contribution in [2.75, 3.05) is 7.11 Å². The lowest BCUT2D eigenvalue weighted by Gasteiger charge is -2.05. The summed E-state index contributed by atoms with van der Waals surface area (Å²) in [6.07, 6.45) is 0. The van der Waals surface area contributed by atoms with Crippen molar-refractivity contribution in [1.82, 2.24) is 0 Å². The van der Waals surface area contributed by atoms with Gasteiger partial charge in [-0.15, -0.1) is 0 Å². The van der Waals surface area contributed by atoms with Crippen LogP contribution in [0.2, 0.25) is 5.02 Å². The van der Waals surface area contributed by atoms with E-state index in [9.17, 15) is 14.9 Å². The van der Waals surface area contributed by atoms with Crippen LogP contribution in [0.25, 0.3) is 0 Å². The number of methoxy groups -OCH3 is 1. The zero-order valence-electron chi connectivity index (χ0n) is 10.9. The number of halogens is 1. The highest BCUT2D eigenvalue weighted by atomic mass is 35.5. The van der Waals surface area contributed by atoms with Crippen LogP contribution in [0.4, 0.5) is 5.69 Å². The Labute approximate surface area is 130 Å². The molecule has 2 aromatic carbocycles. The van der Waals surface area contributed by atoms with E-state index in [-0.39, 0.29) is 11.3 Å². The standard InChI is InChI=1S/C14H10ClNO4S/c1-20-14(17)9-2-7-13(12(8-9)16(18)19)21-11-5-3-10(15)4-6-11/h2-8H,1H3. The van der Waals surface area contributed by atoms with Crippen LogP contribution < -0.4 is 0 Å². The van der Waals surface area contributed by atoms with Gasteiger partial charge < -0.3 is 4.74 Å². The molecule has 0 aliphatic heterocycles. The third-order valence-electron chi connectivity index (χ3n) is 2.62. The summed E-state index contributed by atoms with van der Waals surface area (Å²) in [5.74, 6) is -0.610. The molecular formula is C14H10ClNO4S. The molecule has 0 radical (unpaired) electrons. The van der Waals surface area contributed by atoms with Crippen LogP contribution >= 0.6 is 23.4 Å². The molecule has 5 nitrogen and oxygen atoms in total. The number of carbonyl (C=O) groups excluding carboxylic acids is 1. The number of rotatable bonds is 4. The minimum absolute atomic E-state index is 0.141. The molecule has 0 saturated carbocycles. The van der Waals surface area contributed by atoms with Gasteiger partial charge in [0.1, 0.15) is 0 Å². The molecule has 2 rings (SSSR count). The first-order valence-corrected chi connectivity index (χ1v) is 7.01. The molecular weight excluding hydrogens is 314 g/mol. The van der Waals surface area contributed by atoms with Crippen LogP contribution in [-0.2, 0) is 4.74 Å². The largest absolute Gasteiger partial charge is 0.465 e. The first-order chi connectivity index (χ1) is 10.0. The summed E-state index contributed by atoms with van der Waals surface area (Å²) in [6, 6.07) is 11.2. The van der Waals surface area contributed by atoms with Crippen molar-refractivity contribution in [2.45, 2.75) is 9.79 Å². The number of hydrogen-bond acceptors (Lipinski definition) is 5. The maximum absolute atomic E-state index is 11.4. The van der Waals surface area contributed by atoms with Gasteiger partial charge >= 0.3 is 5.97 Å². The molecule has 7 heteroatoms. The zero-order chi connectivity index (χ0) is 15.4. The molecule has 0 unspecified atom stereocenters. The SMILES string of the molecule is COC(=O)c1ccc(Sc2ccc(Cl)cc2)c([N+](=O)[O-])c1. The Balaban J connectivity index is 2.36. The highest BCUT2D eigenvalue weighted by Gasteiger charge is 2.18. The molecule has 0 amide bonds. The molecule has 0 saturated heterocycles. The van der Waals surface area contributed by atoms with Gasteiger partial charge in [-0.2, -0.15) is 0 Å². The lowest BCUT2D eigenvalue weighted by molar-refractivity contribution is -0.387. The predicted molar refractivity (Wildman–Crippen MR) is 80.0 cm³/mol. The number of nitro groups is 1. The molecule has 0 spiro atoms. The molecule has 0 aliphatic rings. The molecule has 0 fully saturated rings. The minimum Gasteiger partial charge on any atom is -0.465 e. The second-order valence-electron chi connectivity index (χ2n) is 3.99. The van der Waals surface area contributed by atoms with Crippen molar-refractivity contribution in [3.8, 4) is 0 Å². The number of hydrogen-bond donors (Lipinski definition) is 0. The monoisotopic (exact) mass is 323 g/mol. The van der Waals surface area contributed by atoms with E-state index in [4.69, 9.17) is 11.6 Å². The molecule has 0 N–H and O–H groups in total. The molecule has 108 valence electrons. The summed E-state index contributed by atoms with van der Waals surface area (Å²) < 4.78 is 4.56. The quantitative estimate of drug-likeness (QED) is 0.479. The first kappa shape index (κ1) is 15.3. The highest BCUT2D eigenvalue weighted by molar-refractivity contribution is 7.99. The fraction of sp³-hybridized carbons (Fsp3) is 0.0714. The van der Waals surface area contributed by atoms with E-state index < -0.39 is 10.9 Å². The molecule has 0 aliphatic carbocycles. The maximum Gasteiger partial charge on any atom is 0.338 e. The molecule has 2 aromatic rings. The average molecular weight is 324 g/mol. The first-order valence-electron chi connectivity index (χ1n) is 5.81. The van der Waals surface area contributed by atoms with Crippen LogP contribution in [0.5, 0.6) is 0 Å². The Morgan fingerprint density at radius 2 is 1.90 bits per heavy atom. The number of nitrogens with zero attached hydrogens (tertiary/aromatic N) is 1. The van der Waals surface area contributed by atoms with Gasteiger partial charge in [-0.1, -0.05) is 23.4 Å². The van der Waals surface area contributed by atoms with Crippen molar-refractivity contribution in [3.05, 3.63) is 63.2 Å². The number of nitro benzene ring substituents is 1. The Kier molecular flexibility index (Phi) is 4.82. The Morgan fingerprint density at radius 3 is 2.48 bits per heavy atom. The van der Waals surface area contributed by atoms with Crippen LogP contribution in [0.3, 0.4) is 0 Å². The van der Waals surface area contributed by atoms with Gasteiger partial charge in [-0.05, 0) is 36.4 Å². The van der Waals surface area contributed by atoms with Gasteiger partial charge in [-0.3, -0.25) is 10.1 Å². The van der Waals surface area contributed by atoms with E-state index in [0.717, 1.165) is 4.90 Å². The fourth-order valence-electron chi connectivity index (χ4n) is 1.62. The van der Waals surface area contributed by atoms with Gasteiger partial charge in [0, 0.05) is 16.0 Å². The van der Waals surface area contributed by atoms with Crippen molar-refractivity contribution >= 4 is 35.0 Å². The lowest BCUT2D eigenvalue weighted by Crippen LogP contribution is -2.02. The fourth-order valence-corrected chi connectivity index (χ4v) is 2.65. The Bertz CT molecular complexity index is 688. The topological polar surface area (TPSA) is 69.4 Å². The van der Waals surface area contributed by atoms with Crippen molar-refractivity contribution in [3.63, 3.8) is 0 Å². The van der Waals surface area contributed by atoms with E-state index in [1.807, 2.05) is 0 Å². The zero-order valence-corrected chi connectivity index (χ0v) is 12.5. The van der Waals surface area contributed by atoms with E-state index in [1.54, 1.807) is 24.3 Å². The summed E-state index contributed by atoms with van der Waals surface area (Å²) >= 11 is 7.03. The van der Waals surface area contributed by atoms with Crippen molar-refractivity contribution in [1.29, 1.82) is 0 Å². The van der Waals surface area contributed by atoms with Gasteiger partial charge in [0.2, 0.25) is 0 Å². The summed E-state index contributed by atoms with van der Waals surface area (Å²) in [5, 5.41) is 11.7. The number of carbonyl (C=O) groups is 1. The smallest absolute Gasteiger partial charge is 0.338 e. The maximum atomic E-state index is 11.4. The van der Waals surface area contributed by atoms with Gasteiger partial charge in [0.15, 0.2) is 0 Å². The Hall–Kier alpha value is -2.05.